The van der Waals surface area contributed by atoms with Gasteiger partial charge in [-0.15, -0.1) is 0 Å². The minimum atomic E-state index is -1.69. The molecule has 1 amide bonds. The predicted molar refractivity (Wildman–Crippen MR) is 41.9 cm³/mol. The Morgan fingerprint density at radius 1 is 1.58 bits per heavy atom. The van der Waals surface area contributed by atoms with Gasteiger partial charge in [-0.1, -0.05) is 0 Å². The van der Waals surface area contributed by atoms with Gasteiger partial charge in [-0.2, -0.15) is 0 Å². The number of carbonyl (C=O) groups excluding carboxylic acids is 1. The Hall–Kier alpha value is -1.26. The zero-order valence-electron chi connectivity index (χ0n) is 8.25. The number of nitrogens with one attached hydrogen (secondary N) is 1. The Bertz CT molecular complexity index is 211. The number of rotatable bonds is 2. The molecule has 12 heavy (non-hydrogen) atoms. The lowest BCUT2D eigenvalue weighted by Crippen LogP contribution is -2.35. The number of carboxylic acids is 1. The predicted octanol–water partition coefficient (Wildman–Crippen LogP) is 0.596. The summed E-state index contributed by atoms with van der Waals surface area (Å²) in [5.74, 6) is -1.43. The van der Waals surface area contributed by atoms with Crippen molar-refractivity contribution in [2.24, 2.45) is 0 Å². The first kappa shape index (κ1) is 8.83. The average molecular weight is 176 g/mol. The van der Waals surface area contributed by atoms with E-state index in [1.54, 1.807) is 20.8 Å². The molecule has 1 atom stereocenters. The molecule has 0 saturated carbocycles. The first-order valence-electron chi connectivity index (χ1n) is 3.94. The van der Waals surface area contributed by atoms with Crippen LogP contribution in [0.2, 0.25) is 0 Å². The molecule has 70 valence electrons. The van der Waals surface area contributed by atoms with Crippen LogP contribution < -0.4 is 5.32 Å². The van der Waals surface area contributed by atoms with Crippen LogP contribution in [0.25, 0.3) is 0 Å². The van der Waals surface area contributed by atoms with Gasteiger partial charge in [0.05, 0.1) is 1.37 Å². The van der Waals surface area contributed by atoms with E-state index in [0.717, 1.165) is 0 Å². The molecule has 0 saturated heterocycles. The zero-order valence-corrected chi connectivity index (χ0v) is 7.25. The molecule has 0 aromatic carbocycles. The number of amides is 1. The van der Waals surface area contributed by atoms with Crippen molar-refractivity contribution in [3.8, 4) is 0 Å². The van der Waals surface area contributed by atoms with Gasteiger partial charge in [-0.3, -0.25) is 4.79 Å². The number of carboxylic acid groups (broad SMARTS) is 1. The van der Waals surface area contributed by atoms with Crippen LogP contribution in [0.15, 0.2) is 0 Å². The summed E-state index contributed by atoms with van der Waals surface area (Å²) in [7, 11) is 0. The molecule has 0 rings (SSSR count). The topological polar surface area (TPSA) is 75.6 Å². The van der Waals surface area contributed by atoms with E-state index in [1.807, 2.05) is 5.32 Å². The SMILES string of the molecule is [2H][C@H](NC(=O)OC(C)(C)C)C(=O)O. The van der Waals surface area contributed by atoms with E-state index in [0.29, 0.717) is 0 Å². The van der Waals surface area contributed by atoms with E-state index < -0.39 is 24.2 Å². The van der Waals surface area contributed by atoms with Crippen molar-refractivity contribution >= 4 is 12.1 Å². The first-order valence-corrected chi connectivity index (χ1v) is 3.37. The van der Waals surface area contributed by atoms with Crippen molar-refractivity contribution in [1.82, 2.24) is 5.32 Å². The molecule has 0 fully saturated rings. The third-order valence-corrected chi connectivity index (χ3v) is 0.712. The van der Waals surface area contributed by atoms with Crippen LogP contribution in [-0.4, -0.2) is 29.3 Å². The zero-order chi connectivity index (χ0) is 10.6. The number of carbonyl (C=O) groups is 2. The molecule has 0 heterocycles. The largest absolute Gasteiger partial charge is 0.480 e. The molecule has 0 spiro atoms. The van der Waals surface area contributed by atoms with E-state index in [4.69, 9.17) is 11.2 Å². The molecule has 0 radical (unpaired) electrons. The van der Waals surface area contributed by atoms with Crippen LogP contribution in [0.3, 0.4) is 0 Å². The van der Waals surface area contributed by atoms with Gasteiger partial charge in [0.2, 0.25) is 0 Å². The highest BCUT2D eigenvalue weighted by molar-refractivity contribution is 5.76. The Labute approximate surface area is 72.1 Å². The Morgan fingerprint density at radius 2 is 2.08 bits per heavy atom. The molecule has 0 aromatic rings. The fraction of sp³-hybridized carbons (Fsp3) is 0.714. The summed E-state index contributed by atoms with van der Waals surface area (Å²) in [5.41, 5.74) is -0.692. The number of aliphatic carboxylic acids is 1. The number of ether oxygens (including phenoxy) is 1. The summed E-state index contributed by atoms with van der Waals surface area (Å²) in [5, 5.41) is 10.1. The molecule has 5 nitrogen and oxygen atoms in total. The van der Waals surface area contributed by atoms with Crippen molar-refractivity contribution in [2.75, 3.05) is 6.52 Å². The highest BCUT2D eigenvalue weighted by atomic mass is 16.6. The van der Waals surface area contributed by atoms with Crippen LogP contribution in [0, 0.1) is 0 Å². The molecule has 2 N–H and O–H groups in total. The molecule has 5 heteroatoms. The molecular weight excluding hydrogens is 162 g/mol. The Balaban J connectivity index is 3.96. The lowest BCUT2D eigenvalue weighted by Gasteiger charge is -2.19. The van der Waals surface area contributed by atoms with Crippen LogP contribution >= 0.6 is 0 Å². The molecule has 0 aliphatic heterocycles. The number of alkyl carbamates (subject to hydrolysis) is 1. The second-order valence-corrected chi connectivity index (χ2v) is 3.13. The quantitative estimate of drug-likeness (QED) is 0.645. The van der Waals surface area contributed by atoms with Crippen LogP contribution in [0.4, 0.5) is 4.79 Å². The van der Waals surface area contributed by atoms with Crippen LogP contribution in [0.5, 0.6) is 0 Å². The highest BCUT2D eigenvalue weighted by Crippen LogP contribution is 2.05. The standard InChI is InChI=1S/C7H13NO4/c1-7(2,3)12-6(11)8-4-5(9)10/h4H2,1-3H3,(H,8,11)(H,9,10)/i4D/t4-/m0/s1. The Morgan fingerprint density at radius 3 is 2.42 bits per heavy atom. The van der Waals surface area contributed by atoms with E-state index in [9.17, 15) is 9.59 Å². The first-order chi connectivity index (χ1) is 5.72. The van der Waals surface area contributed by atoms with Gasteiger partial charge in [0, 0.05) is 0 Å². The second-order valence-electron chi connectivity index (χ2n) is 3.13. The van der Waals surface area contributed by atoms with E-state index in [1.165, 1.54) is 0 Å². The van der Waals surface area contributed by atoms with Gasteiger partial charge < -0.3 is 15.2 Å². The van der Waals surface area contributed by atoms with Gasteiger partial charge >= 0.3 is 12.1 Å². The van der Waals surface area contributed by atoms with E-state index in [-0.39, 0.29) is 0 Å². The normalized spacial score (nSPS) is 14.4. The van der Waals surface area contributed by atoms with Gasteiger partial charge in [0.15, 0.2) is 0 Å². The van der Waals surface area contributed by atoms with Gasteiger partial charge in [0.25, 0.3) is 0 Å². The fourth-order valence-electron chi connectivity index (χ4n) is 0.428. The second kappa shape index (κ2) is 3.94. The summed E-state index contributed by atoms with van der Waals surface area (Å²) in [6.45, 7) is 3.25. The minimum absolute atomic E-state index is 0.692. The van der Waals surface area contributed by atoms with E-state index in [2.05, 4.69) is 0 Å². The lowest BCUT2D eigenvalue weighted by molar-refractivity contribution is -0.136. The van der Waals surface area contributed by atoms with Crippen molar-refractivity contribution in [3.05, 3.63) is 0 Å². The maximum absolute atomic E-state index is 10.9. The van der Waals surface area contributed by atoms with Gasteiger partial charge in [-0.25, -0.2) is 4.79 Å². The fourth-order valence-corrected chi connectivity index (χ4v) is 0.428. The molecular formula is C7H13NO4. The third kappa shape index (κ3) is 6.85. The number of hydrogen-bond donors (Lipinski definition) is 2. The maximum Gasteiger partial charge on any atom is 0.408 e. The number of hydrogen-bond acceptors (Lipinski definition) is 3. The average Bonchev–Trinajstić information content (AvgIpc) is 1.81. The lowest BCUT2D eigenvalue weighted by atomic mass is 10.2. The summed E-state index contributed by atoms with van der Waals surface area (Å²) in [6.07, 6.45) is -0.908. The van der Waals surface area contributed by atoms with Crippen molar-refractivity contribution in [1.29, 1.82) is 0 Å². The highest BCUT2D eigenvalue weighted by Gasteiger charge is 2.15. The van der Waals surface area contributed by atoms with Crippen molar-refractivity contribution in [2.45, 2.75) is 26.4 Å². The van der Waals surface area contributed by atoms with Crippen molar-refractivity contribution in [3.63, 3.8) is 0 Å². The maximum atomic E-state index is 10.9. The molecule has 0 aliphatic carbocycles. The molecule has 0 unspecified atom stereocenters. The summed E-state index contributed by atoms with van der Waals surface area (Å²) in [6, 6.07) is 0. The monoisotopic (exact) mass is 176 g/mol. The summed E-state index contributed by atoms with van der Waals surface area (Å²) >= 11 is 0. The van der Waals surface area contributed by atoms with Crippen LogP contribution in [0.1, 0.15) is 22.1 Å². The van der Waals surface area contributed by atoms with E-state index >= 15 is 0 Å². The smallest absolute Gasteiger partial charge is 0.408 e. The van der Waals surface area contributed by atoms with Crippen molar-refractivity contribution < 1.29 is 20.8 Å². The summed E-state index contributed by atoms with van der Waals surface area (Å²) in [4.78, 5) is 21.0. The third-order valence-electron chi connectivity index (χ3n) is 0.712. The molecule has 0 aromatic heterocycles. The summed E-state index contributed by atoms with van der Waals surface area (Å²) < 4.78 is 11.6. The molecule has 0 bridgehead atoms. The van der Waals surface area contributed by atoms with Crippen LogP contribution in [-0.2, 0) is 9.53 Å². The molecule has 0 aliphatic rings. The Kier molecular flexibility index (Phi) is 2.90. The van der Waals surface area contributed by atoms with Gasteiger partial charge in [-0.05, 0) is 20.8 Å². The minimum Gasteiger partial charge on any atom is -0.480 e. The van der Waals surface area contributed by atoms with Gasteiger partial charge in [0.1, 0.15) is 12.1 Å².